The molecule has 0 bridgehead atoms. The smallest absolute Gasteiger partial charge is 0.321 e. The number of carboxylic acids is 1. The van der Waals surface area contributed by atoms with E-state index < -0.39 is 19.5 Å². The lowest BCUT2D eigenvalue weighted by molar-refractivity contribution is -0.142. The fourth-order valence-corrected chi connectivity index (χ4v) is 5.36. The van der Waals surface area contributed by atoms with Crippen LogP contribution in [0.1, 0.15) is 33.1 Å². The number of ether oxygens (including phenoxy) is 1. The van der Waals surface area contributed by atoms with Crippen LogP contribution < -0.4 is 10.0 Å². The first-order valence-electron chi connectivity index (χ1n) is 8.27. The minimum Gasteiger partial charge on any atom is -0.497 e. The summed E-state index contributed by atoms with van der Waals surface area (Å²) >= 11 is 0. The summed E-state index contributed by atoms with van der Waals surface area (Å²) in [6, 6.07) is 6.02. The molecule has 1 saturated heterocycles. The van der Waals surface area contributed by atoms with Crippen LogP contribution in [0, 0.1) is 5.92 Å². The summed E-state index contributed by atoms with van der Waals surface area (Å²) in [6.07, 6.45) is 1.96. The van der Waals surface area contributed by atoms with Gasteiger partial charge in [0.25, 0.3) is 0 Å². The van der Waals surface area contributed by atoms with Crippen molar-refractivity contribution in [2.24, 2.45) is 5.92 Å². The largest absolute Gasteiger partial charge is 0.497 e. The van der Waals surface area contributed by atoms with Gasteiger partial charge in [0.05, 0.1) is 19.0 Å². The fraction of sp³-hybridized carbons (Fsp3) is 0.588. The van der Waals surface area contributed by atoms with Gasteiger partial charge in [-0.1, -0.05) is 13.8 Å². The first-order valence-corrected chi connectivity index (χ1v) is 9.85. The van der Waals surface area contributed by atoms with Gasteiger partial charge >= 0.3 is 13.5 Å². The minimum absolute atomic E-state index is 0.179. The summed E-state index contributed by atoms with van der Waals surface area (Å²) in [5.41, 5.74) is 0. The van der Waals surface area contributed by atoms with E-state index in [9.17, 15) is 14.5 Å². The third-order valence-corrected chi connectivity index (χ3v) is 6.76. The van der Waals surface area contributed by atoms with Crippen LogP contribution in [0.2, 0.25) is 0 Å². The van der Waals surface area contributed by atoms with E-state index in [2.05, 4.69) is 0 Å². The molecule has 1 aromatic rings. The quantitative estimate of drug-likeness (QED) is 0.790. The van der Waals surface area contributed by atoms with Crippen LogP contribution in [-0.4, -0.2) is 42.0 Å². The first kappa shape index (κ1) is 19.0. The topological polar surface area (TPSA) is 76.1 Å². The van der Waals surface area contributed by atoms with Gasteiger partial charge in [-0.15, -0.1) is 0 Å². The maximum Gasteiger partial charge on any atom is 0.321 e. The van der Waals surface area contributed by atoms with Crippen molar-refractivity contribution in [1.29, 1.82) is 0 Å². The van der Waals surface area contributed by atoms with E-state index in [1.54, 1.807) is 36.0 Å². The highest BCUT2D eigenvalue weighted by atomic mass is 31.2. The Bertz CT molecular complexity index is 602. The van der Waals surface area contributed by atoms with Crippen LogP contribution in [0.5, 0.6) is 5.75 Å². The van der Waals surface area contributed by atoms with Crippen molar-refractivity contribution in [2.75, 3.05) is 20.3 Å². The average Bonchev–Trinajstić information content (AvgIpc) is 2.75. The van der Waals surface area contributed by atoms with Crippen molar-refractivity contribution in [2.45, 2.75) is 39.2 Å². The molecule has 0 saturated carbocycles. The fourth-order valence-electron chi connectivity index (χ4n) is 2.90. The second-order valence-corrected chi connectivity index (χ2v) is 8.73. The number of carboxylic acid groups (broad SMARTS) is 1. The summed E-state index contributed by atoms with van der Waals surface area (Å²) in [6.45, 7) is 4.75. The van der Waals surface area contributed by atoms with Crippen molar-refractivity contribution < 1.29 is 23.7 Å². The Kier molecular flexibility index (Phi) is 6.44. The van der Waals surface area contributed by atoms with Gasteiger partial charge in [0, 0.05) is 6.54 Å². The van der Waals surface area contributed by atoms with E-state index in [-0.39, 0.29) is 5.92 Å². The highest BCUT2D eigenvalue weighted by Gasteiger charge is 2.42. The molecule has 0 aromatic heterocycles. The number of nitrogens with zero attached hydrogens (tertiary/aromatic N) is 1. The molecular formula is C17H26NO5P. The summed E-state index contributed by atoms with van der Waals surface area (Å²) in [5.74, 6) is -0.120. The maximum absolute atomic E-state index is 13.7. The number of methoxy groups -OCH3 is 1. The molecule has 6 nitrogen and oxygen atoms in total. The second kappa shape index (κ2) is 8.15. The lowest BCUT2D eigenvalue weighted by Gasteiger charge is -2.34. The number of aliphatic carboxylic acids is 1. The molecule has 0 amide bonds. The van der Waals surface area contributed by atoms with Crippen LogP contribution in [0.15, 0.2) is 24.3 Å². The van der Waals surface area contributed by atoms with Gasteiger partial charge in [-0.25, -0.2) is 4.67 Å². The number of hydrogen-bond acceptors (Lipinski definition) is 4. The van der Waals surface area contributed by atoms with Crippen molar-refractivity contribution in [3.8, 4) is 5.75 Å². The molecular weight excluding hydrogens is 329 g/mol. The maximum atomic E-state index is 13.7. The van der Waals surface area contributed by atoms with Crippen LogP contribution in [0.4, 0.5) is 0 Å². The molecule has 1 aliphatic heterocycles. The zero-order valence-electron chi connectivity index (χ0n) is 14.5. The molecule has 1 aromatic carbocycles. The van der Waals surface area contributed by atoms with Gasteiger partial charge in [0.15, 0.2) is 0 Å². The molecule has 2 unspecified atom stereocenters. The third kappa shape index (κ3) is 4.18. The molecule has 1 N–H and O–H groups in total. The van der Waals surface area contributed by atoms with E-state index in [4.69, 9.17) is 9.26 Å². The molecule has 1 heterocycles. The lowest BCUT2D eigenvalue weighted by atomic mass is 10.0. The van der Waals surface area contributed by atoms with Crippen LogP contribution >= 0.6 is 7.52 Å². The van der Waals surface area contributed by atoms with Crippen molar-refractivity contribution in [3.63, 3.8) is 0 Å². The predicted octanol–water partition coefficient (Wildman–Crippen LogP) is 3.13. The molecule has 1 fully saturated rings. The van der Waals surface area contributed by atoms with E-state index in [0.29, 0.717) is 30.6 Å². The van der Waals surface area contributed by atoms with Gasteiger partial charge < -0.3 is 14.4 Å². The molecule has 0 aliphatic carbocycles. The van der Waals surface area contributed by atoms with E-state index in [0.717, 1.165) is 12.8 Å². The van der Waals surface area contributed by atoms with Gasteiger partial charge in [-0.3, -0.25) is 9.36 Å². The Labute approximate surface area is 143 Å². The zero-order chi connectivity index (χ0) is 17.7. The van der Waals surface area contributed by atoms with E-state index in [1.165, 1.54) is 0 Å². The standard InChI is InChI=1S/C17H26NO5P/c1-13(2)12-16(17(19)20)18-10-4-5-11-23-24(18,21)15-8-6-14(22-3)7-9-15/h6-9,13,16H,4-5,10-12H2,1-3H3,(H,19,20). The molecule has 7 heteroatoms. The lowest BCUT2D eigenvalue weighted by Crippen LogP contribution is -2.42. The van der Waals surface area contributed by atoms with Crippen LogP contribution in [0.25, 0.3) is 0 Å². The highest BCUT2D eigenvalue weighted by molar-refractivity contribution is 7.64. The number of hydrogen-bond donors (Lipinski definition) is 1. The monoisotopic (exact) mass is 355 g/mol. The van der Waals surface area contributed by atoms with Gasteiger partial charge in [0.1, 0.15) is 11.8 Å². The van der Waals surface area contributed by atoms with Gasteiger partial charge in [-0.05, 0) is 49.4 Å². The molecule has 24 heavy (non-hydrogen) atoms. The number of benzene rings is 1. The Balaban J connectivity index is 2.43. The summed E-state index contributed by atoms with van der Waals surface area (Å²) in [7, 11) is -1.85. The molecule has 2 atom stereocenters. The zero-order valence-corrected chi connectivity index (χ0v) is 15.4. The van der Waals surface area contributed by atoms with Crippen molar-refractivity contribution in [1.82, 2.24) is 4.67 Å². The minimum atomic E-state index is -3.42. The van der Waals surface area contributed by atoms with Crippen molar-refractivity contribution >= 4 is 18.8 Å². The van der Waals surface area contributed by atoms with E-state index in [1.807, 2.05) is 13.8 Å². The SMILES string of the molecule is COc1ccc(P2(=O)OCCCCN2C(CC(C)C)C(=O)O)cc1. The predicted molar refractivity (Wildman–Crippen MR) is 93.0 cm³/mol. The number of rotatable bonds is 6. The van der Waals surface area contributed by atoms with Gasteiger partial charge in [0.2, 0.25) is 0 Å². The molecule has 2 rings (SSSR count). The average molecular weight is 355 g/mol. The Hall–Kier alpha value is -1.36. The Morgan fingerprint density at radius 1 is 1.33 bits per heavy atom. The third-order valence-electron chi connectivity index (χ3n) is 4.12. The Morgan fingerprint density at radius 2 is 2.00 bits per heavy atom. The first-order chi connectivity index (χ1) is 11.4. The van der Waals surface area contributed by atoms with E-state index >= 15 is 0 Å². The molecule has 0 radical (unpaired) electrons. The summed E-state index contributed by atoms with van der Waals surface area (Å²) in [5, 5.41) is 10.2. The summed E-state index contributed by atoms with van der Waals surface area (Å²) in [4.78, 5) is 11.8. The number of carbonyl (C=O) groups is 1. The normalized spacial score (nSPS) is 23.7. The van der Waals surface area contributed by atoms with Crippen molar-refractivity contribution in [3.05, 3.63) is 24.3 Å². The van der Waals surface area contributed by atoms with Crippen LogP contribution in [0.3, 0.4) is 0 Å². The molecule has 1 aliphatic rings. The Morgan fingerprint density at radius 3 is 2.54 bits per heavy atom. The molecule has 134 valence electrons. The van der Waals surface area contributed by atoms with Crippen LogP contribution in [-0.2, 0) is 13.9 Å². The molecule has 0 spiro atoms. The highest BCUT2D eigenvalue weighted by Crippen LogP contribution is 2.53. The second-order valence-electron chi connectivity index (χ2n) is 6.41. The summed E-state index contributed by atoms with van der Waals surface area (Å²) < 4.78 is 26.2. The van der Waals surface area contributed by atoms with Gasteiger partial charge in [-0.2, -0.15) is 0 Å².